The SMILES string of the molecule is CO[C@@H](C)c1ncc(C2CCN(C3CC3)CC2)cc1-c1c2c3cc(ccc3n1CCOC1CCOCC1)-c1coc(n1)[C@@H](N1CC3(CCC3)C1)[C@H](NC(=O)C13CC(C1)C(C)O3)C(=O)N1CCC[C@H](N1)C(=O)OCC(C)(C)C2. The summed E-state index contributed by atoms with van der Waals surface area (Å²) in [4.78, 5) is 60.0. The van der Waals surface area contributed by atoms with E-state index in [4.69, 9.17) is 38.1 Å². The van der Waals surface area contributed by atoms with Crippen LogP contribution in [0.4, 0.5) is 0 Å². The molecule has 8 bridgehead atoms. The number of rotatable bonds is 12. The number of hydrogen-bond acceptors (Lipinski definition) is 14. The van der Waals surface area contributed by atoms with Gasteiger partial charge in [0.25, 0.3) is 11.8 Å². The maximum atomic E-state index is 15.3. The minimum Gasteiger partial charge on any atom is -0.464 e. The lowest BCUT2D eigenvalue weighted by Crippen LogP contribution is -2.68. The second-order valence-electron chi connectivity index (χ2n) is 25.5. The molecule has 7 aliphatic heterocycles. The van der Waals surface area contributed by atoms with Crippen LogP contribution in [0, 0.1) is 16.7 Å². The topological polar surface area (TPSA) is 175 Å². The van der Waals surface area contributed by atoms with Crippen molar-refractivity contribution in [3.8, 4) is 22.5 Å². The number of cyclic esters (lactones) is 1. The monoisotopic (exact) mass is 1060 g/mol. The average Bonchev–Trinajstić information content (AvgIpc) is 3.82. The normalized spacial score (nSPS) is 30.4. The maximum Gasteiger partial charge on any atom is 0.324 e. The van der Waals surface area contributed by atoms with Gasteiger partial charge in [0, 0.05) is 86.2 Å². The molecule has 9 fully saturated rings. The first-order valence-electron chi connectivity index (χ1n) is 29.3. The molecule has 2 N–H and O–H groups in total. The first-order valence-corrected chi connectivity index (χ1v) is 29.3. The molecule has 77 heavy (non-hydrogen) atoms. The summed E-state index contributed by atoms with van der Waals surface area (Å²) in [5, 5.41) is 5.84. The number of pyridine rings is 1. The highest BCUT2D eigenvalue weighted by Crippen LogP contribution is 2.54. The van der Waals surface area contributed by atoms with E-state index in [1.807, 2.05) is 6.92 Å². The Balaban J connectivity index is 0.949. The van der Waals surface area contributed by atoms with Crippen LogP contribution in [-0.4, -0.2) is 149 Å². The quantitative estimate of drug-likeness (QED) is 0.132. The second kappa shape index (κ2) is 20.4. The van der Waals surface area contributed by atoms with Gasteiger partial charge >= 0.3 is 5.97 Å². The smallest absolute Gasteiger partial charge is 0.324 e. The van der Waals surface area contributed by atoms with Gasteiger partial charge in [-0.2, -0.15) is 0 Å². The fraction of sp³-hybridized carbons (Fsp3) is 0.683. The van der Waals surface area contributed by atoms with Crippen molar-refractivity contribution in [1.82, 2.24) is 40.1 Å². The first-order chi connectivity index (χ1) is 37.3. The number of fused-ring (bicyclic) bond motifs is 7. The highest BCUT2D eigenvalue weighted by Gasteiger charge is 2.62. The molecule has 1 aromatic carbocycles. The van der Waals surface area contributed by atoms with E-state index in [0.717, 1.165) is 110 Å². The van der Waals surface area contributed by atoms with Crippen LogP contribution < -0.4 is 10.7 Å². The predicted octanol–water partition coefficient (Wildman–Crippen LogP) is 7.80. The number of piperidine rings is 1. The van der Waals surface area contributed by atoms with E-state index in [2.05, 4.69) is 76.3 Å². The standard InChI is InChI=1S/C60H80N8O9/c1-36-41-28-60(29-41,77-36)57(71)63-51-53(66-33-59(34-66)17-7-18-59)54-62-48(32-75-54)39-9-12-49-44(26-39)46(30-58(3,4)35-76-56(70)47-8-6-19-68(64-47)55(51)69)52(67(49)22-25-74-43-15-23-73-24-16-43)45-27-40(31-61-50(45)37(2)72-5)38-13-20-65(21-14-38)42-10-11-42/h9,12,26-27,31-32,36-38,41-43,47,51,53,64H,6-8,10-11,13-25,28-30,33-35H2,1-5H3,(H,63,71)/t36?,37-,41?,47-,51-,53-,60?/m0/s1. The zero-order valence-electron chi connectivity index (χ0n) is 46.0. The second-order valence-corrected chi connectivity index (χ2v) is 25.5. The summed E-state index contributed by atoms with van der Waals surface area (Å²) in [6.07, 6.45) is 16.5. The van der Waals surface area contributed by atoms with Gasteiger partial charge < -0.3 is 42.9 Å². The molecule has 10 heterocycles. The van der Waals surface area contributed by atoms with E-state index in [1.165, 1.54) is 29.8 Å². The van der Waals surface area contributed by atoms with E-state index < -0.39 is 35.1 Å². The first kappa shape index (κ1) is 51.7. The summed E-state index contributed by atoms with van der Waals surface area (Å²) in [6.45, 7) is 15.1. The molecular formula is C60H80N8O9. The number of hydrogen-bond donors (Lipinski definition) is 2. The fourth-order valence-corrected chi connectivity index (χ4v) is 14.5. The van der Waals surface area contributed by atoms with Crippen molar-refractivity contribution in [2.24, 2.45) is 16.7 Å². The van der Waals surface area contributed by atoms with Crippen LogP contribution in [0.2, 0.25) is 0 Å². The number of likely N-dealkylation sites (tertiary alicyclic amines) is 2. The number of carbonyl (C=O) groups is 3. The van der Waals surface area contributed by atoms with Gasteiger partial charge in [-0.1, -0.05) is 26.3 Å². The van der Waals surface area contributed by atoms with Crippen LogP contribution in [0.5, 0.6) is 0 Å². The summed E-state index contributed by atoms with van der Waals surface area (Å²) in [6, 6.07) is 7.12. The van der Waals surface area contributed by atoms with Crippen LogP contribution in [0.1, 0.15) is 152 Å². The zero-order chi connectivity index (χ0) is 52.8. The molecule has 0 radical (unpaired) electrons. The van der Waals surface area contributed by atoms with Crippen LogP contribution in [-0.2, 0) is 51.0 Å². The Kier molecular flexibility index (Phi) is 13.7. The Labute approximate surface area is 452 Å². The Morgan fingerprint density at radius 1 is 0.974 bits per heavy atom. The molecule has 1 unspecified atom stereocenters. The van der Waals surface area contributed by atoms with Gasteiger partial charge in [-0.3, -0.25) is 29.3 Å². The number of esters is 1. The van der Waals surface area contributed by atoms with E-state index in [9.17, 15) is 9.59 Å². The summed E-state index contributed by atoms with van der Waals surface area (Å²) in [5.74, 6) is 0.0119. The van der Waals surface area contributed by atoms with Gasteiger partial charge in [0.15, 0.2) is 0 Å². The lowest BCUT2D eigenvalue weighted by Gasteiger charge is -2.58. The number of hydrazine groups is 1. The van der Waals surface area contributed by atoms with E-state index >= 15 is 4.79 Å². The maximum absolute atomic E-state index is 15.3. The molecule has 1 spiro atoms. The molecule has 17 nitrogen and oxygen atoms in total. The van der Waals surface area contributed by atoms with Crippen LogP contribution in [0.15, 0.2) is 41.1 Å². The van der Waals surface area contributed by atoms with Crippen LogP contribution in [0.3, 0.4) is 0 Å². The number of ether oxygens (including phenoxy) is 5. The summed E-state index contributed by atoms with van der Waals surface area (Å²) in [5.41, 5.74) is 9.83. The van der Waals surface area contributed by atoms with Gasteiger partial charge in [0.2, 0.25) is 5.89 Å². The lowest BCUT2D eigenvalue weighted by molar-refractivity contribution is -0.160. The van der Waals surface area contributed by atoms with Crippen molar-refractivity contribution in [3.63, 3.8) is 0 Å². The predicted molar refractivity (Wildman–Crippen MR) is 287 cm³/mol. The minimum absolute atomic E-state index is 0.0323. The number of carbonyl (C=O) groups excluding carboxylic acids is 3. The van der Waals surface area contributed by atoms with E-state index in [-0.39, 0.29) is 42.1 Å². The van der Waals surface area contributed by atoms with Gasteiger partial charge in [-0.15, -0.1) is 0 Å². The highest BCUT2D eigenvalue weighted by molar-refractivity contribution is 5.96. The van der Waals surface area contributed by atoms with E-state index in [1.54, 1.807) is 13.4 Å². The molecular weight excluding hydrogens is 977 g/mol. The molecule has 3 aromatic heterocycles. The molecule has 414 valence electrons. The number of methoxy groups -OCH3 is 1. The molecule has 5 atom stereocenters. The van der Waals surface area contributed by atoms with E-state index in [0.29, 0.717) is 88.4 Å². The van der Waals surface area contributed by atoms with Crippen molar-refractivity contribution in [2.75, 3.05) is 66.3 Å². The number of amides is 2. The number of nitrogens with one attached hydrogen (secondary N) is 2. The number of benzene rings is 1. The Bertz CT molecular complexity index is 2860. The van der Waals surface area contributed by atoms with Crippen molar-refractivity contribution in [3.05, 3.63) is 59.4 Å². The Hall–Kier alpha value is -4.75. The molecule has 2 amide bonds. The molecule has 14 rings (SSSR count). The molecule has 3 saturated carbocycles. The third-order valence-corrected chi connectivity index (χ3v) is 19.5. The summed E-state index contributed by atoms with van der Waals surface area (Å²) in [7, 11) is 1.75. The minimum atomic E-state index is -1.09. The average molecular weight is 1060 g/mol. The number of aromatic nitrogens is 3. The molecule has 10 aliphatic rings. The highest BCUT2D eigenvalue weighted by atomic mass is 16.5. The third-order valence-electron chi connectivity index (χ3n) is 19.5. The Morgan fingerprint density at radius 3 is 2.48 bits per heavy atom. The van der Waals surface area contributed by atoms with Crippen molar-refractivity contribution >= 4 is 28.7 Å². The zero-order valence-corrected chi connectivity index (χ0v) is 46.0. The molecule has 17 heteroatoms. The molecule has 6 saturated heterocycles. The third kappa shape index (κ3) is 9.74. The summed E-state index contributed by atoms with van der Waals surface area (Å²) < 4.78 is 40.3. The Morgan fingerprint density at radius 2 is 1.77 bits per heavy atom. The summed E-state index contributed by atoms with van der Waals surface area (Å²) >= 11 is 0. The largest absolute Gasteiger partial charge is 0.464 e. The van der Waals surface area contributed by atoms with Gasteiger partial charge in [-0.25, -0.2) is 10.4 Å². The molecule has 3 aliphatic carbocycles. The van der Waals surface area contributed by atoms with Crippen molar-refractivity contribution < 1.29 is 42.5 Å². The van der Waals surface area contributed by atoms with Crippen LogP contribution >= 0.6 is 0 Å². The van der Waals surface area contributed by atoms with Crippen LogP contribution in [0.25, 0.3) is 33.4 Å². The lowest BCUT2D eigenvalue weighted by atomic mass is 9.63. The van der Waals surface area contributed by atoms with Gasteiger partial charge in [0.1, 0.15) is 35.7 Å². The van der Waals surface area contributed by atoms with Gasteiger partial charge in [0.05, 0.1) is 42.9 Å². The van der Waals surface area contributed by atoms with Crippen molar-refractivity contribution in [2.45, 2.75) is 178 Å². The van der Waals surface area contributed by atoms with Crippen molar-refractivity contribution in [1.29, 1.82) is 0 Å². The van der Waals surface area contributed by atoms with Gasteiger partial charge in [-0.05, 0) is 157 Å². The number of nitrogens with zero attached hydrogens (tertiary/aromatic N) is 6. The molecule has 4 aromatic rings. The number of oxazole rings is 1. The fourth-order valence-electron chi connectivity index (χ4n) is 14.5.